The number of benzene rings is 1. The molecule has 0 fully saturated rings. The molecule has 106 valence electrons. The monoisotopic (exact) mass is 280 g/mol. The fourth-order valence-electron chi connectivity index (χ4n) is 1.81. The van der Waals surface area contributed by atoms with E-state index in [0.29, 0.717) is 5.75 Å². The minimum absolute atomic E-state index is 0.157. The number of nitrogens with zero attached hydrogens (tertiary/aromatic N) is 4. The van der Waals surface area contributed by atoms with Gasteiger partial charge in [0.2, 0.25) is 0 Å². The van der Waals surface area contributed by atoms with Crippen molar-refractivity contribution < 1.29 is 19.0 Å². The van der Waals surface area contributed by atoms with Crippen LogP contribution in [0.1, 0.15) is 19.4 Å². The molecule has 1 unspecified atom stereocenters. The first kappa shape index (κ1) is 13.9. The lowest BCUT2D eigenvalue weighted by molar-refractivity contribution is -0.137. The van der Waals surface area contributed by atoms with Crippen LogP contribution in [0.5, 0.6) is 5.75 Å². The highest BCUT2D eigenvalue weighted by Crippen LogP contribution is 2.26. The van der Waals surface area contributed by atoms with Gasteiger partial charge in [-0.1, -0.05) is 0 Å². The molecule has 2 aromatic rings. The number of hydrogen-bond donors (Lipinski definition) is 1. The SMILES string of the molecule is COc1ccc(-c2nnnn2C(C)CC(=O)O)c(F)c1. The van der Waals surface area contributed by atoms with E-state index in [1.54, 1.807) is 13.0 Å². The van der Waals surface area contributed by atoms with Crippen LogP contribution >= 0.6 is 0 Å². The van der Waals surface area contributed by atoms with Gasteiger partial charge in [-0.15, -0.1) is 5.10 Å². The molecule has 0 spiro atoms. The predicted molar refractivity (Wildman–Crippen MR) is 66.7 cm³/mol. The summed E-state index contributed by atoms with van der Waals surface area (Å²) in [6.07, 6.45) is -0.157. The number of tetrazole rings is 1. The Kier molecular flexibility index (Phi) is 3.92. The van der Waals surface area contributed by atoms with E-state index in [9.17, 15) is 9.18 Å². The highest BCUT2D eigenvalue weighted by atomic mass is 19.1. The first-order valence-electron chi connectivity index (χ1n) is 5.86. The van der Waals surface area contributed by atoms with Gasteiger partial charge in [0.25, 0.3) is 0 Å². The molecule has 1 aromatic carbocycles. The fraction of sp³-hybridized carbons (Fsp3) is 0.333. The van der Waals surface area contributed by atoms with Crippen molar-refractivity contribution in [3.8, 4) is 17.1 Å². The molecule has 8 heteroatoms. The van der Waals surface area contributed by atoms with Crippen LogP contribution in [-0.4, -0.2) is 38.4 Å². The predicted octanol–water partition coefficient (Wildman–Crippen LogP) is 1.52. The van der Waals surface area contributed by atoms with E-state index in [2.05, 4.69) is 15.5 Å². The van der Waals surface area contributed by atoms with Gasteiger partial charge in [-0.25, -0.2) is 9.07 Å². The topological polar surface area (TPSA) is 90.1 Å². The zero-order valence-corrected chi connectivity index (χ0v) is 10.9. The lowest BCUT2D eigenvalue weighted by atomic mass is 10.1. The molecule has 0 saturated carbocycles. The van der Waals surface area contributed by atoms with E-state index in [-0.39, 0.29) is 17.8 Å². The summed E-state index contributed by atoms with van der Waals surface area (Å²) in [4.78, 5) is 10.7. The maximum Gasteiger partial charge on any atom is 0.305 e. The Morgan fingerprint density at radius 3 is 2.90 bits per heavy atom. The Bertz CT molecular complexity index is 629. The van der Waals surface area contributed by atoms with Crippen LogP contribution in [0.2, 0.25) is 0 Å². The van der Waals surface area contributed by atoms with Gasteiger partial charge in [0, 0.05) is 6.07 Å². The Hall–Kier alpha value is -2.51. The maximum absolute atomic E-state index is 14.0. The van der Waals surface area contributed by atoms with E-state index in [0.717, 1.165) is 0 Å². The first-order chi connectivity index (χ1) is 9.52. The number of carboxylic acids is 1. The molecule has 0 saturated heterocycles. The van der Waals surface area contributed by atoms with E-state index < -0.39 is 17.8 Å². The summed E-state index contributed by atoms with van der Waals surface area (Å²) in [6.45, 7) is 1.65. The van der Waals surface area contributed by atoms with Crippen LogP contribution < -0.4 is 4.74 Å². The Balaban J connectivity index is 2.39. The van der Waals surface area contributed by atoms with Crippen molar-refractivity contribution in [2.75, 3.05) is 7.11 Å². The largest absolute Gasteiger partial charge is 0.497 e. The van der Waals surface area contributed by atoms with Crippen molar-refractivity contribution in [2.45, 2.75) is 19.4 Å². The average molecular weight is 280 g/mol. The Labute approximate surface area is 114 Å². The van der Waals surface area contributed by atoms with Crippen molar-refractivity contribution in [2.24, 2.45) is 0 Å². The minimum Gasteiger partial charge on any atom is -0.497 e. The van der Waals surface area contributed by atoms with Gasteiger partial charge >= 0.3 is 5.97 Å². The van der Waals surface area contributed by atoms with Crippen LogP contribution in [0.25, 0.3) is 11.4 Å². The van der Waals surface area contributed by atoms with Gasteiger partial charge in [-0.2, -0.15) is 0 Å². The van der Waals surface area contributed by atoms with Crippen molar-refractivity contribution >= 4 is 5.97 Å². The number of methoxy groups -OCH3 is 1. The second kappa shape index (κ2) is 5.64. The molecule has 1 heterocycles. The molecule has 0 bridgehead atoms. The number of rotatable bonds is 5. The highest BCUT2D eigenvalue weighted by molar-refractivity contribution is 5.67. The number of aromatic nitrogens is 4. The molecule has 0 amide bonds. The molecular formula is C12H13FN4O3. The Morgan fingerprint density at radius 1 is 1.55 bits per heavy atom. The average Bonchev–Trinajstić information content (AvgIpc) is 2.86. The van der Waals surface area contributed by atoms with Crippen LogP contribution in [0, 0.1) is 5.82 Å². The van der Waals surface area contributed by atoms with E-state index in [1.807, 2.05) is 0 Å². The van der Waals surface area contributed by atoms with Gasteiger partial charge in [-0.05, 0) is 29.5 Å². The molecule has 7 nitrogen and oxygen atoms in total. The standard InChI is InChI=1S/C12H13FN4O3/c1-7(5-11(18)19)17-12(14-15-16-17)9-4-3-8(20-2)6-10(9)13/h3-4,6-7H,5H2,1-2H3,(H,18,19). The second-order valence-electron chi connectivity index (χ2n) is 4.24. The van der Waals surface area contributed by atoms with Crippen LogP contribution in [0.3, 0.4) is 0 Å². The molecule has 2 rings (SSSR count). The van der Waals surface area contributed by atoms with E-state index >= 15 is 0 Å². The summed E-state index contributed by atoms with van der Waals surface area (Å²) in [6, 6.07) is 3.80. The van der Waals surface area contributed by atoms with Crippen molar-refractivity contribution in [3.05, 3.63) is 24.0 Å². The molecule has 1 aromatic heterocycles. The first-order valence-corrected chi connectivity index (χ1v) is 5.86. The third-order valence-corrected chi connectivity index (χ3v) is 2.80. The normalized spacial score (nSPS) is 12.2. The van der Waals surface area contributed by atoms with E-state index in [4.69, 9.17) is 9.84 Å². The highest BCUT2D eigenvalue weighted by Gasteiger charge is 2.19. The quantitative estimate of drug-likeness (QED) is 0.893. The molecule has 0 radical (unpaired) electrons. The third kappa shape index (κ3) is 2.73. The van der Waals surface area contributed by atoms with Gasteiger partial charge in [-0.3, -0.25) is 4.79 Å². The van der Waals surface area contributed by atoms with Crippen LogP contribution in [-0.2, 0) is 4.79 Å². The maximum atomic E-state index is 14.0. The summed E-state index contributed by atoms with van der Waals surface area (Å²) >= 11 is 0. The number of halogens is 1. The molecule has 0 aliphatic rings. The lowest BCUT2D eigenvalue weighted by Crippen LogP contribution is -2.13. The van der Waals surface area contributed by atoms with E-state index in [1.165, 1.54) is 23.9 Å². The molecule has 0 aliphatic heterocycles. The molecule has 1 atom stereocenters. The van der Waals surface area contributed by atoms with Crippen LogP contribution in [0.15, 0.2) is 18.2 Å². The summed E-state index contributed by atoms with van der Waals surface area (Å²) in [7, 11) is 1.44. The number of ether oxygens (including phenoxy) is 1. The van der Waals surface area contributed by atoms with Gasteiger partial charge in [0.15, 0.2) is 5.82 Å². The zero-order chi connectivity index (χ0) is 14.7. The molecule has 0 aliphatic carbocycles. The summed E-state index contributed by atoms with van der Waals surface area (Å²) in [5, 5.41) is 19.8. The smallest absolute Gasteiger partial charge is 0.305 e. The second-order valence-corrected chi connectivity index (χ2v) is 4.24. The Morgan fingerprint density at radius 2 is 2.30 bits per heavy atom. The third-order valence-electron chi connectivity index (χ3n) is 2.80. The van der Waals surface area contributed by atoms with Crippen molar-refractivity contribution in [3.63, 3.8) is 0 Å². The van der Waals surface area contributed by atoms with Crippen molar-refractivity contribution in [1.29, 1.82) is 0 Å². The number of aliphatic carboxylic acids is 1. The van der Waals surface area contributed by atoms with Gasteiger partial charge < -0.3 is 9.84 Å². The van der Waals surface area contributed by atoms with Crippen molar-refractivity contribution in [1.82, 2.24) is 20.2 Å². The number of carbonyl (C=O) groups is 1. The molecule has 20 heavy (non-hydrogen) atoms. The lowest BCUT2D eigenvalue weighted by Gasteiger charge is -2.11. The minimum atomic E-state index is -0.978. The number of carboxylic acid groups (broad SMARTS) is 1. The van der Waals surface area contributed by atoms with Gasteiger partial charge in [0.1, 0.15) is 11.6 Å². The molecular weight excluding hydrogens is 267 g/mol. The summed E-state index contributed by atoms with van der Waals surface area (Å²) in [5.41, 5.74) is 0.188. The van der Waals surface area contributed by atoms with Gasteiger partial charge in [0.05, 0.1) is 25.1 Å². The summed E-state index contributed by atoms with van der Waals surface area (Å²) < 4.78 is 20.2. The number of hydrogen-bond acceptors (Lipinski definition) is 5. The fourth-order valence-corrected chi connectivity index (χ4v) is 1.81. The van der Waals surface area contributed by atoms with Crippen LogP contribution in [0.4, 0.5) is 4.39 Å². The summed E-state index contributed by atoms with van der Waals surface area (Å²) in [5.74, 6) is -0.958. The zero-order valence-electron chi connectivity index (χ0n) is 10.9. The molecule has 1 N–H and O–H groups in total.